The Labute approximate surface area is 143 Å². The van der Waals surface area contributed by atoms with Crippen LogP contribution in [0, 0.1) is 11.6 Å². The predicted molar refractivity (Wildman–Crippen MR) is 89.2 cm³/mol. The zero-order chi connectivity index (χ0) is 17.6. The molecule has 3 aromatic rings. The van der Waals surface area contributed by atoms with Crippen molar-refractivity contribution < 1.29 is 22.7 Å². The highest BCUT2D eigenvalue weighted by Crippen LogP contribution is 2.16. The smallest absolute Gasteiger partial charge is 0.185 e. The Balaban J connectivity index is 1.58. The second-order valence-corrected chi connectivity index (χ2v) is 5.25. The zero-order valence-corrected chi connectivity index (χ0v) is 13.1. The summed E-state index contributed by atoms with van der Waals surface area (Å²) in [5, 5.41) is 0. The summed E-state index contributed by atoms with van der Waals surface area (Å²) in [5.74, 6) is 0.620. The van der Waals surface area contributed by atoms with E-state index < -0.39 is 5.82 Å². The van der Waals surface area contributed by atoms with Gasteiger partial charge in [-0.1, -0.05) is 0 Å². The van der Waals surface area contributed by atoms with E-state index in [0.29, 0.717) is 22.8 Å². The maximum Gasteiger partial charge on any atom is 0.185 e. The minimum Gasteiger partial charge on any atom is -0.486 e. The van der Waals surface area contributed by atoms with Gasteiger partial charge < -0.3 is 9.15 Å². The topological polar surface area (TPSA) is 39.4 Å². The van der Waals surface area contributed by atoms with Crippen molar-refractivity contribution in [1.29, 1.82) is 0 Å². The molecule has 0 spiro atoms. The highest BCUT2D eigenvalue weighted by atomic mass is 19.1. The van der Waals surface area contributed by atoms with E-state index in [-0.39, 0.29) is 18.2 Å². The van der Waals surface area contributed by atoms with Gasteiger partial charge >= 0.3 is 0 Å². The number of furan rings is 1. The molecule has 0 unspecified atom stereocenters. The molecule has 0 fully saturated rings. The molecule has 1 aromatic heterocycles. The lowest BCUT2D eigenvalue weighted by atomic mass is 10.1. The van der Waals surface area contributed by atoms with Crippen LogP contribution in [0.5, 0.6) is 5.75 Å². The van der Waals surface area contributed by atoms with Crippen molar-refractivity contribution in [2.24, 2.45) is 0 Å². The molecule has 0 N–H and O–H groups in total. The number of benzene rings is 2. The molecule has 0 aliphatic heterocycles. The number of hydrogen-bond acceptors (Lipinski definition) is 3. The zero-order valence-electron chi connectivity index (χ0n) is 13.1. The Morgan fingerprint density at radius 2 is 1.56 bits per heavy atom. The third-order valence-corrected chi connectivity index (χ3v) is 3.40. The molecule has 25 heavy (non-hydrogen) atoms. The average Bonchev–Trinajstić information content (AvgIpc) is 3.08. The molecular weight excluding hydrogens is 326 g/mol. The largest absolute Gasteiger partial charge is 0.486 e. The van der Waals surface area contributed by atoms with Gasteiger partial charge in [0.05, 0.1) is 0 Å². The van der Waals surface area contributed by atoms with Gasteiger partial charge in [-0.3, -0.25) is 4.79 Å². The summed E-state index contributed by atoms with van der Waals surface area (Å²) in [6.45, 7) is 0.186. The van der Waals surface area contributed by atoms with Crippen LogP contribution in [0.1, 0.15) is 21.9 Å². The highest BCUT2D eigenvalue weighted by Gasteiger charge is 2.04. The van der Waals surface area contributed by atoms with Crippen LogP contribution in [-0.4, -0.2) is 5.78 Å². The van der Waals surface area contributed by atoms with Gasteiger partial charge in [0, 0.05) is 5.56 Å². The Morgan fingerprint density at radius 3 is 2.24 bits per heavy atom. The van der Waals surface area contributed by atoms with E-state index in [1.54, 1.807) is 12.1 Å². The second kappa shape index (κ2) is 7.57. The summed E-state index contributed by atoms with van der Waals surface area (Å²) in [7, 11) is 0. The molecule has 0 saturated carbocycles. The molecule has 0 bridgehead atoms. The molecule has 0 saturated heterocycles. The molecule has 0 atom stereocenters. The maximum atomic E-state index is 12.8. The third-order valence-electron chi connectivity index (χ3n) is 3.40. The van der Waals surface area contributed by atoms with E-state index in [9.17, 15) is 13.6 Å². The number of ether oxygens (including phenoxy) is 1. The quantitative estimate of drug-likeness (QED) is 0.466. The third kappa shape index (κ3) is 4.64. The lowest BCUT2D eigenvalue weighted by Gasteiger charge is -2.03. The fraction of sp³-hybridized carbons (Fsp3) is 0.0500. The first kappa shape index (κ1) is 16.6. The predicted octanol–water partition coefficient (Wildman–Crippen LogP) is 5.03. The first-order valence-electron chi connectivity index (χ1n) is 7.55. The number of rotatable bonds is 6. The summed E-state index contributed by atoms with van der Waals surface area (Å²) in [5.41, 5.74) is 0.393. The summed E-state index contributed by atoms with van der Waals surface area (Å²) in [4.78, 5) is 12.0. The summed E-state index contributed by atoms with van der Waals surface area (Å²) in [6.07, 6.45) is 2.89. The molecule has 0 aliphatic rings. The lowest BCUT2D eigenvalue weighted by molar-refractivity contribution is 0.104. The van der Waals surface area contributed by atoms with E-state index in [2.05, 4.69) is 0 Å². The molecule has 5 heteroatoms. The van der Waals surface area contributed by atoms with Crippen LogP contribution in [-0.2, 0) is 6.61 Å². The van der Waals surface area contributed by atoms with E-state index in [1.165, 1.54) is 60.7 Å². The highest BCUT2D eigenvalue weighted by molar-refractivity contribution is 6.06. The van der Waals surface area contributed by atoms with Crippen molar-refractivity contribution in [1.82, 2.24) is 0 Å². The molecule has 0 aliphatic carbocycles. The monoisotopic (exact) mass is 340 g/mol. The van der Waals surface area contributed by atoms with Crippen LogP contribution < -0.4 is 4.74 Å². The van der Waals surface area contributed by atoms with Crippen LogP contribution in [0.2, 0.25) is 0 Å². The van der Waals surface area contributed by atoms with Gasteiger partial charge in [0.15, 0.2) is 5.78 Å². The lowest BCUT2D eigenvalue weighted by Crippen LogP contribution is -1.94. The minimum atomic E-state index is -0.391. The van der Waals surface area contributed by atoms with Crippen molar-refractivity contribution in [2.45, 2.75) is 6.61 Å². The first-order valence-corrected chi connectivity index (χ1v) is 7.55. The van der Waals surface area contributed by atoms with Gasteiger partial charge in [0.25, 0.3) is 0 Å². The molecule has 1 heterocycles. The number of carbonyl (C=O) groups is 1. The summed E-state index contributed by atoms with van der Waals surface area (Å²) < 4.78 is 36.7. The van der Waals surface area contributed by atoms with Gasteiger partial charge in [-0.2, -0.15) is 0 Å². The Hall–Kier alpha value is -3.21. The number of hydrogen-bond donors (Lipinski definition) is 0. The molecule has 0 radical (unpaired) electrons. The standard InChI is InChI=1S/C20H14F2O3/c21-15-3-1-14(2-4-15)20(23)12-11-18-9-10-19(25-18)13-24-17-7-5-16(22)6-8-17/h1-12H,13H2/b12-11+. The number of carbonyl (C=O) groups excluding carboxylic acids is 1. The Morgan fingerprint density at radius 1 is 0.920 bits per heavy atom. The average molecular weight is 340 g/mol. The van der Waals surface area contributed by atoms with Crippen molar-refractivity contribution in [3.8, 4) is 5.75 Å². The fourth-order valence-electron chi connectivity index (χ4n) is 2.12. The van der Waals surface area contributed by atoms with Crippen LogP contribution in [0.25, 0.3) is 6.08 Å². The number of halogens is 2. The maximum absolute atomic E-state index is 12.8. The van der Waals surface area contributed by atoms with Crippen LogP contribution in [0.4, 0.5) is 8.78 Å². The first-order chi connectivity index (χ1) is 12.1. The van der Waals surface area contributed by atoms with Crippen LogP contribution in [0.15, 0.2) is 71.2 Å². The molecule has 3 nitrogen and oxygen atoms in total. The SMILES string of the molecule is O=C(/C=C/c1ccc(COc2ccc(F)cc2)o1)c1ccc(F)cc1. The van der Waals surface area contributed by atoms with Gasteiger partial charge in [-0.05, 0) is 72.8 Å². The van der Waals surface area contributed by atoms with Crippen molar-refractivity contribution in [2.75, 3.05) is 0 Å². The van der Waals surface area contributed by atoms with Crippen molar-refractivity contribution in [3.05, 3.63) is 95.5 Å². The van der Waals surface area contributed by atoms with E-state index in [1.807, 2.05) is 0 Å². The summed E-state index contributed by atoms with van der Waals surface area (Å²) in [6, 6.07) is 14.4. The van der Waals surface area contributed by atoms with E-state index in [4.69, 9.17) is 9.15 Å². The second-order valence-electron chi connectivity index (χ2n) is 5.25. The molecule has 126 valence electrons. The van der Waals surface area contributed by atoms with Crippen LogP contribution in [0.3, 0.4) is 0 Å². The molecule has 0 amide bonds. The molecular formula is C20H14F2O3. The van der Waals surface area contributed by atoms with Gasteiger partial charge in [0.2, 0.25) is 0 Å². The molecule has 2 aromatic carbocycles. The van der Waals surface area contributed by atoms with Crippen molar-refractivity contribution >= 4 is 11.9 Å². The van der Waals surface area contributed by atoms with E-state index >= 15 is 0 Å². The normalized spacial score (nSPS) is 11.0. The Kier molecular flexibility index (Phi) is 5.04. The van der Waals surface area contributed by atoms with Gasteiger partial charge in [-0.25, -0.2) is 8.78 Å². The van der Waals surface area contributed by atoms with Crippen LogP contribution >= 0.6 is 0 Å². The minimum absolute atomic E-state index is 0.186. The molecule has 3 rings (SSSR count). The van der Waals surface area contributed by atoms with Crippen molar-refractivity contribution in [3.63, 3.8) is 0 Å². The van der Waals surface area contributed by atoms with Gasteiger partial charge in [-0.15, -0.1) is 0 Å². The Bertz CT molecular complexity index is 878. The summed E-state index contributed by atoms with van der Waals surface area (Å²) >= 11 is 0. The van der Waals surface area contributed by atoms with E-state index in [0.717, 1.165) is 0 Å². The number of ketones is 1. The van der Waals surface area contributed by atoms with Gasteiger partial charge in [0.1, 0.15) is 35.5 Å². The number of allylic oxidation sites excluding steroid dienone is 1. The fourth-order valence-corrected chi connectivity index (χ4v) is 2.12.